The largest absolute Gasteiger partial charge is 0.497 e. The predicted molar refractivity (Wildman–Crippen MR) is 72.4 cm³/mol. The molecule has 0 bridgehead atoms. The summed E-state index contributed by atoms with van der Waals surface area (Å²) in [5.41, 5.74) is 0.849. The Bertz CT molecular complexity index is 443. The van der Waals surface area contributed by atoms with Gasteiger partial charge in [0.2, 0.25) is 0 Å². The molecule has 0 aliphatic rings. The molecule has 0 aliphatic carbocycles. The van der Waals surface area contributed by atoms with Crippen molar-refractivity contribution in [2.45, 2.75) is 13.5 Å². The number of nitrogens with one attached hydrogen (secondary N) is 1. The Balaban J connectivity index is 2.30. The number of ether oxygens (including phenoxy) is 3. The van der Waals surface area contributed by atoms with Crippen LogP contribution in [0.4, 0.5) is 4.79 Å². The lowest BCUT2D eigenvalue weighted by Crippen LogP contribution is -2.32. The van der Waals surface area contributed by atoms with E-state index in [4.69, 9.17) is 9.47 Å². The lowest BCUT2D eigenvalue weighted by atomic mass is 10.2. The molecule has 0 aromatic heterocycles. The summed E-state index contributed by atoms with van der Waals surface area (Å²) < 4.78 is 14.6. The van der Waals surface area contributed by atoms with Gasteiger partial charge in [0.15, 0.2) is 0 Å². The summed E-state index contributed by atoms with van der Waals surface area (Å²) in [6.45, 7) is 1.99. The van der Waals surface area contributed by atoms with E-state index in [-0.39, 0.29) is 19.1 Å². The van der Waals surface area contributed by atoms with E-state index in [1.807, 2.05) is 12.1 Å². The van der Waals surface area contributed by atoms with Crippen molar-refractivity contribution in [1.82, 2.24) is 5.32 Å². The van der Waals surface area contributed by atoms with Crippen LogP contribution in [0.5, 0.6) is 5.75 Å². The molecule has 20 heavy (non-hydrogen) atoms. The first-order valence-corrected chi connectivity index (χ1v) is 6.18. The molecule has 1 atom stereocenters. The Kier molecular flexibility index (Phi) is 6.36. The van der Waals surface area contributed by atoms with Gasteiger partial charge < -0.3 is 19.5 Å². The van der Waals surface area contributed by atoms with Crippen molar-refractivity contribution < 1.29 is 23.8 Å². The third-order valence-electron chi connectivity index (χ3n) is 2.69. The monoisotopic (exact) mass is 281 g/mol. The first kappa shape index (κ1) is 15.8. The van der Waals surface area contributed by atoms with Crippen LogP contribution in [0.15, 0.2) is 24.3 Å². The normalized spacial score (nSPS) is 11.3. The van der Waals surface area contributed by atoms with Gasteiger partial charge in [-0.1, -0.05) is 19.1 Å². The maximum Gasteiger partial charge on any atom is 0.407 e. The number of benzene rings is 1. The van der Waals surface area contributed by atoms with E-state index >= 15 is 0 Å². The van der Waals surface area contributed by atoms with Crippen molar-refractivity contribution in [2.24, 2.45) is 5.92 Å². The maximum atomic E-state index is 11.4. The van der Waals surface area contributed by atoms with Crippen LogP contribution in [-0.2, 0) is 20.9 Å². The number of alkyl carbamates (subject to hydrolysis) is 1. The highest BCUT2D eigenvalue weighted by molar-refractivity contribution is 5.73. The molecule has 0 radical (unpaired) electrons. The summed E-state index contributed by atoms with van der Waals surface area (Å²) in [5, 5.41) is 2.50. The molecule has 1 aromatic carbocycles. The fourth-order valence-electron chi connectivity index (χ4n) is 1.44. The van der Waals surface area contributed by atoms with E-state index in [9.17, 15) is 9.59 Å². The molecule has 0 spiro atoms. The molecule has 110 valence electrons. The van der Waals surface area contributed by atoms with Crippen molar-refractivity contribution in [3.8, 4) is 5.75 Å². The van der Waals surface area contributed by atoms with Crippen LogP contribution in [0, 0.1) is 5.92 Å². The molecule has 6 nitrogen and oxygen atoms in total. The molecule has 0 aliphatic heterocycles. The predicted octanol–water partition coefficient (Wildman–Crippen LogP) is 1.73. The van der Waals surface area contributed by atoms with Crippen molar-refractivity contribution in [2.75, 3.05) is 20.8 Å². The minimum atomic E-state index is -0.573. The molecule has 0 saturated heterocycles. The van der Waals surface area contributed by atoms with Gasteiger partial charge in [-0.2, -0.15) is 0 Å². The standard InChI is InChI=1S/C14H19NO5/c1-10(13(16)19-3)8-15-14(17)20-9-11-4-6-12(18-2)7-5-11/h4-7,10H,8-9H2,1-3H3,(H,15,17)/t10-/m0/s1. The van der Waals surface area contributed by atoms with Crippen LogP contribution in [0.3, 0.4) is 0 Å². The second kappa shape index (κ2) is 8.04. The molecule has 1 amide bonds. The van der Waals surface area contributed by atoms with Gasteiger partial charge in [-0.3, -0.25) is 4.79 Å². The fourth-order valence-corrected chi connectivity index (χ4v) is 1.44. The smallest absolute Gasteiger partial charge is 0.407 e. The highest BCUT2D eigenvalue weighted by Crippen LogP contribution is 2.11. The summed E-state index contributed by atoms with van der Waals surface area (Å²) >= 11 is 0. The zero-order valence-electron chi connectivity index (χ0n) is 11.8. The topological polar surface area (TPSA) is 73.9 Å². The molecular weight excluding hydrogens is 262 g/mol. The van der Waals surface area contributed by atoms with Crippen molar-refractivity contribution >= 4 is 12.1 Å². The van der Waals surface area contributed by atoms with Crippen LogP contribution in [-0.4, -0.2) is 32.8 Å². The second-order valence-corrected chi connectivity index (χ2v) is 4.23. The molecule has 0 heterocycles. The number of carbonyl (C=O) groups is 2. The van der Waals surface area contributed by atoms with E-state index in [0.29, 0.717) is 0 Å². The highest BCUT2D eigenvalue weighted by atomic mass is 16.5. The Hall–Kier alpha value is -2.24. The lowest BCUT2D eigenvalue weighted by Gasteiger charge is -2.11. The molecular formula is C14H19NO5. The van der Waals surface area contributed by atoms with E-state index < -0.39 is 12.0 Å². The fraction of sp³-hybridized carbons (Fsp3) is 0.429. The van der Waals surface area contributed by atoms with Gasteiger partial charge in [-0.25, -0.2) is 4.79 Å². The van der Waals surface area contributed by atoms with Crippen LogP contribution in [0.2, 0.25) is 0 Å². The van der Waals surface area contributed by atoms with Gasteiger partial charge in [0, 0.05) is 6.54 Å². The lowest BCUT2D eigenvalue weighted by molar-refractivity contribution is -0.144. The first-order valence-electron chi connectivity index (χ1n) is 6.18. The minimum absolute atomic E-state index is 0.155. The van der Waals surface area contributed by atoms with Gasteiger partial charge in [0.05, 0.1) is 20.1 Å². The summed E-state index contributed by atoms with van der Waals surface area (Å²) in [6, 6.07) is 7.19. The Morgan fingerprint density at radius 2 is 1.85 bits per heavy atom. The van der Waals surface area contributed by atoms with Gasteiger partial charge in [-0.15, -0.1) is 0 Å². The minimum Gasteiger partial charge on any atom is -0.497 e. The van der Waals surface area contributed by atoms with Crippen molar-refractivity contribution in [3.63, 3.8) is 0 Å². The molecule has 1 aromatic rings. The van der Waals surface area contributed by atoms with Crippen molar-refractivity contribution in [3.05, 3.63) is 29.8 Å². The number of amides is 1. The summed E-state index contributed by atoms with van der Waals surface area (Å²) in [4.78, 5) is 22.6. The Morgan fingerprint density at radius 1 is 1.20 bits per heavy atom. The molecule has 0 fully saturated rings. The van der Waals surface area contributed by atoms with E-state index in [2.05, 4.69) is 10.1 Å². The first-order chi connectivity index (χ1) is 9.56. The summed E-state index contributed by atoms with van der Waals surface area (Å²) in [7, 11) is 2.89. The van der Waals surface area contributed by atoms with Gasteiger partial charge >= 0.3 is 12.1 Å². The molecule has 1 rings (SSSR count). The SMILES string of the molecule is COC(=O)[C@@H](C)CNC(=O)OCc1ccc(OC)cc1. The zero-order chi connectivity index (χ0) is 15.0. The highest BCUT2D eigenvalue weighted by Gasteiger charge is 2.14. The van der Waals surface area contributed by atoms with Crippen LogP contribution < -0.4 is 10.1 Å². The number of rotatable bonds is 6. The number of carbonyl (C=O) groups excluding carboxylic acids is 2. The third kappa shape index (κ3) is 5.17. The van der Waals surface area contributed by atoms with E-state index in [1.165, 1.54) is 7.11 Å². The van der Waals surface area contributed by atoms with Crippen LogP contribution in [0.1, 0.15) is 12.5 Å². The number of hydrogen-bond acceptors (Lipinski definition) is 5. The molecule has 1 N–H and O–H groups in total. The van der Waals surface area contributed by atoms with Crippen LogP contribution in [0.25, 0.3) is 0 Å². The average Bonchev–Trinajstić information content (AvgIpc) is 2.50. The quantitative estimate of drug-likeness (QED) is 0.804. The van der Waals surface area contributed by atoms with Crippen LogP contribution >= 0.6 is 0 Å². The Labute approximate surface area is 118 Å². The maximum absolute atomic E-state index is 11.4. The molecule has 6 heteroatoms. The number of methoxy groups -OCH3 is 2. The molecule has 0 unspecified atom stereocenters. The number of esters is 1. The Morgan fingerprint density at radius 3 is 2.40 bits per heavy atom. The average molecular weight is 281 g/mol. The van der Waals surface area contributed by atoms with Gasteiger partial charge in [0.1, 0.15) is 12.4 Å². The summed E-state index contributed by atoms with van der Waals surface area (Å²) in [5.74, 6) is -0.0425. The van der Waals surface area contributed by atoms with Crippen molar-refractivity contribution in [1.29, 1.82) is 0 Å². The van der Waals surface area contributed by atoms with Gasteiger partial charge in [0.25, 0.3) is 0 Å². The van der Waals surface area contributed by atoms with Gasteiger partial charge in [-0.05, 0) is 17.7 Å². The number of hydrogen-bond donors (Lipinski definition) is 1. The second-order valence-electron chi connectivity index (χ2n) is 4.23. The third-order valence-corrected chi connectivity index (χ3v) is 2.69. The summed E-state index contributed by atoms with van der Waals surface area (Å²) in [6.07, 6.45) is -0.573. The van der Waals surface area contributed by atoms with E-state index in [1.54, 1.807) is 26.2 Å². The zero-order valence-corrected chi connectivity index (χ0v) is 11.8. The molecule has 0 saturated carbocycles. The van der Waals surface area contributed by atoms with E-state index in [0.717, 1.165) is 11.3 Å².